The zero-order chi connectivity index (χ0) is 19.6. The Labute approximate surface area is 177 Å². The molecule has 146 valence electrons. The molecule has 2 heterocycles. The van der Waals surface area contributed by atoms with Crippen molar-refractivity contribution in [1.82, 2.24) is 4.90 Å². The Balaban J connectivity index is 1.81. The number of hydrazone groups is 1. The van der Waals surface area contributed by atoms with Crippen LogP contribution >= 0.6 is 27.7 Å². The van der Waals surface area contributed by atoms with E-state index in [4.69, 9.17) is 9.84 Å². The van der Waals surface area contributed by atoms with Crippen molar-refractivity contribution in [1.29, 1.82) is 0 Å². The van der Waals surface area contributed by atoms with Gasteiger partial charge in [0.05, 0.1) is 18.9 Å². The molecule has 0 amide bonds. The van der Waals surface area contributed by atoms with Crippen molar-refractivity contribution in [2.24, 2.45) is 5.10 Å². The van der Waals surface area contributed by atoms with Crippen LogP contribution in [0.4, 0.5) is 5.69 Å². The van der Waals surface area contributed by atoms with E-state index in [9.17, 15) is 4.79 Å². The summed E-state index contributed by atoms with van der Waals surface area (Å²) in [5, 5.41) is 7.35. The van der Waals surface area contributed by atoms with Crippen LogP contribution in [-0.2, 0) is 16.0 Å². The number of anilines is 1. The summed E-state index contributed by atoms with van der Waals surface area (Å²) in [6, 6.07) is 18.4. The number of carbonyl (C=O) groups excluding carboxylic acids is 1. The van der Waals surface area contributed by atoms with Gasteiger partial charge in [-0.05, 0) is 29.8 Å². The lowest BCUT2D eigenvalue weighted by molar-refractivity contribution is -0.110. The van der Waals surface area contributed by atoms with Crippen LogP contribution in [0.5, 0.6) is 0 Å². The van der Waals surface area contributed by atoms with Crippen molar-refractivity contribution < 1.29 is 9.53 Å². The summed E-state index contributed by atoms with van der Waals surface area (Å²) in [5.74, 6) is -0.00434. The number of Topliss-reactive ketones (excluding diaryl/α,β-unsaturated/α-hetero) is 1. The molecule has 0 aliphatic carbocycles. The second-order valence-electron chi connectivity index (χ2n) is 6.86. The number of benzene rings is 2. The summed E-state index contributed by atoms with van der Waals surface area (Å²) in [7, 11) is 0. The molecule has 1 fully saturated rings. The molecule has 1 saturated heterocycles. The first-order valence-corrected chi connectivity index (χ1v) is 10.9. The van der Waals surface area contributed by atoms with E-state index in [1.807, 2.05) is 47.5 Å². The number of halogens is 1. The van der Waals surface area contributed by atoms with Crippen LogP contribution in [0.3, 0.4) is 0 Å². The molecule has 4 rings (SSSR count). The van der Waals surface area contributed by atoms with E-state index >= 15 is 0 Å². The first-order valence-electron chi connectivity index (χ1n) is 9.29. The molecule has 0 unspecified atom stereocenters. The van der Waals surface area contributed by atoms with Gasteiger partial charge < -0.3 is 4.74 Å². The molecule has 1 atom stereocenters. The minimum Gasteiger partial charge on any atom is -0.379 e. The zero-order valence-electron chi connectivity index (χ0n) is 15.7. The predicted molar refractivity (Wildman–Crippen MR) is 118 cm³/mol. The highest BCUT2D eigenvalue weighted by molar-refractivity contribution is 9.10. The molecule has 0 radical (unpaired) electrons. The molecule has 2 aliphatic rings. The Morgan fingerprint density at radius 2 is 1.93 bits per heavy atom. The van der Waals surface area contributed by atoms with Gasteiger partial charge in [0.1, 0.15) is 0 Å². The molecular formula is C21H22BrN3O2S. The molecule has 2 aromatic carbocycles. The van der Waals surface area contributed by atoms with E-state index in [0.29, 0.717) is 18.3 Å². The minimum absolute atomic E-state index is 0.00434. The number of ether oxygens (including phenoxy) is 1. The number of nitrogens with zero attached hydrogens (tertiary/aromatic N) is 3. The SMILES string of the molecule is CC(=O)C1=NN(c2ccccc2)[C@](Cc2cccc(Br)c2)(N2CCOCC2)S1. The van der Waals surface area contributed by atoms with Gasteiger partial charge in [0.15, 0.2) is 15.8 Å². The van der Waals surface area contributed by atoms with Crippen LogP contribution < -0.4 is 5.01 Å². The van der Waals surface area contributed by atoms with Gasteiger partial charge in [-0.15, -0.1) is 0 Å². The van der Waals surface area contributed by atoms with Crippen LogP contribution in [0.1, 0.15) is 12.5 Å². The molecule has 2 aromatic rings. The van der Waals surface area contributed by atoms with Crippen molar-refractivity contribution in [3.8, 4) is 0 Å². The Morgan fingerprint density at radius 3 is 2.61 bits per heavy atom. The summed E-state index contributed by atoms with van der Waals surface area (Å²) in [6.07, 6.45) is 0.728. The number of ketones is 1. The molecule has 28 heavy (non-hydrogen) atoms. The fraction of sp³-hybridized carbons (Fsp3) is 0.333. The lowest BCUT2D eigenvalue weighted by Crippen LogP contribution is -2.59. The van der Waals surface area contributed by atoms with Gasteiger partial charge >= 0.3 is 0 Å². The third kappa shape index (κ3) is 3.89. The first kappa shape index (κ1) is 19.6. The summed E-state index contributed by atoms with van der Waals surface area (Å²) >= 11 is 5.14. The second-order valence-corrected chi connectivity index (χ2v) is 9.02. The normalized spacial score (nSPS) is 22.9. The fourth-order valence-electron chi connectivity index (χ4n) is 3.61. The van der Waals surface area contributed by atoms with Crippen LogP contribution in [0, 0.1) is 0 Å². The Bertz CT molecular complexity index is 886. The van der Waals surface area contributed by atoms with Gasteiger partial charge in [0.2, 0.25) is 0 Å². The maximum Gasteiger partial charge on any atom is 0.186 e. The number of rotatable bonds is 5. The largest absolute Gasteiger partial charge is 0.379 e. The summed E-state index contributed by atoms with van der Waals surface area (Å²) < 4.78 is 6.65. The third-order valence-electron chi connectivity index (χ3n) is 4.91. The van der Waals surface area contributed by atoms with E-state index in [0.717, 1.165) is 29.7 Å². The zero-order valence-corrected chi connectivity index (χ0v) is 18.1. The Hall–Kier alpha value is -1.67. The quantitative estimate of drug-likeness (QED) is 0.672. The Morgan fingerprint density at radius 1 is 1.18 bits per heavy atom. The van der Waals surface area contributed by atoms with Gasteiger partial charge in [0.25, 0.3) is 0 Å². The lowest BCUT2D eigenvalue weighted by Gasteiger charge is -2.46. The van der Waals surface area contributed by atoms with Gasteiger partial charge in [-0.2, -0.15) is 5.10 Å². The maximum atomic E-state index is 12.3. The van der Waals surface area contributed by atoms with Crippen LogP contribution in [0.2, 0.25) is 0 Å². The van der Waals surface area contributed by atoms with Gasteiger partial charge in [-0.25, -0.2) is 5.01 Å². The fourth-order valence-corrected chi connectivity index (χ4v) is 5.41. The number of hydrogen-bond donors (Lipinski definition) is 0. The Kier molecular flexibility index (Phi) is 5.87. The van der Waals surface area contributed by atoms with E-state index in [1.54, 1.807) is 18.7 Å². The second kappa shape index (κ2) is 8.37. The standard InChI is InChI=1S/C21H22BrN3O2S/c1-16(26)20-23-25(19-8-3-2-4-9-19)21(28-20,24-10-12-27-13-11-24)15-17-6-5-7-18(22)14-17/h2-9,14H,10-13,15H2,1H3/t21-/m0/s1. The highest BCUT2D eigenvalue weighted by atomic mass is 79.9. The molecule has 2 aliphatic heterocycles. The van der Waals surface area contributed by atoms with Gasteiger partial charge in [-0.3, -0.25) is 9.69 Å². The first-order chi connectivity index (χ1) is 13.6. The summed E-state index contributed by atoms with van der Waals surface area (Å²) in [6.45, 7) is 4.54. The van der Waals surface area contributed by atoms with Crippen molar-refractivity contribution >= 4 is 44.2 Å². The number of hydrogen-bond acceptors (Lipinski definition) is 6. The predicted octanol–water partition coefficient (Wildman–Crippen LogP) is 4.13. The average Bonchev–Trinajstić information content (AvgIpc) is 3.10. The van der Waals surface area contributed by atoms with Gasteiger partial charge in [-0.1, -0.05) is 58.0 Å². The van der Waals surface area contributed by atoms with E-state index < -0.39 is 4.99 Å². The number of carbonyl (C=O) groups is 1. The minimum atomic E-state index is -0.507. The van der Waals surface area contributed by atoms with Gasteiger partial charge in [0, 0.05) is 30.9 Å². The van der Waals surface area contributed by atoms with E-state index in [2.05, 4.69) is 33.0 Å². The van der Waals surface area contributed by atoms with Crippen LogP contribution in [0.15, 0.2) is 64.2 Å². The monoisotopic (exact) mass is 459 g/mol. The molecular weight excluding hydrogens is 438 g/mol. The highest BCUT2D eigenvalue weighted by Crippen LogP contribution is 2.46. The highest BCUT2D eigenvalue weighted by Gasteiger charge is 2.50. The number of morpholine rings is 1. The smallest absolute Gasteiger partial charge is 0.186 e. The number of para-hydroxylation sites is 1. The topological polar surface area (TPSA) is 45.1 Å². The van der Waals surface area contributed by atoms with Crippen molar-refractivity contribution in [2.45, 2.75) is 18.3 Å². The maximum absolute atomic E-state index is 12.3. The molecule has 5 nitrogen and oxygen atoms in total. The molecule has 0 N–H and O–H groups in total. The van der Waals surface area contributed by atoms with E-state index in [-0.39, 0.29) is 5.78 Å². The van der Waals surface area contributed by atoms with Crippen molar-refractivity contribution in [3.63, 3.8) is 0 Å². The van der Waals surface area contributed by atoms with Crippen molar-refractivity contribution in [3.05, 3.63) is 64.6 Å². The van der Waals surface area contributed by atoms with E-state index in [1.165, 1.54) is 5.56 Å². The van der Waals surface area contributed by atoms with Crippen LogP contribution in [-0.4, -0.2) is 47.0 Å². The molecule has 0 saturated carbocycles. The molecule has 0 bridgehead atoms. The van der Waals surface area contributed by atoms with Crippen molar-refractivity contribution in [2.75, 3.05) is 31.3 Å². The lowest BCUT2D eigenvalue weighted by atomic mass is 10.1. The summed E-state index contributed by atoms with van der Waals surface area (Å²) in [5.41, 5.74) is 2.17. The third-order valence-corrected chi connectivity index (χ3v) is 6.87. The average molecular weight is 460 g/mol. The molecule has 7 heteroatoms. The number of thioether (sulfide) groups is 1. The van der Waals surface area contributed by atoms with Crippen LogP contribution in [0.25, 0.3) is 0 Å². The summed E-state index contributed by atoms with van der Waals surface area (Å²) in [4.78, 5) is 14.2. The molecule has 0 spiro atoms. The molecule has 0 aromatic heterocycles.